The van der Waals surface area contributed by atoms with Crippen LogP contribution in [0.15, 0.2) is 12.1 Å². The standard InChI is InChI=1S/C23H37FN4O4/c1-17(29)26-20(22(30)31)11-14-28(15-23(2,24)16-32-3)13-5-4-8-19-10-9-18-7-6-12-25-21(18)27-19/h9-10,20H,4-8,11-16H2,1-3H3,(H,25,27)(H,26,29)(H,30,31). The number of anilines is 1. The summed E-state index contributed by atoms with van der Waals surface area (Å²) in [5.41, 5.74) is 0.752. The normalized spacial score (nSPS) is 16.0. The van der Waals surface area contributed by atoms with Gasteiger partial charge in [0.15, 0.2) is 0 Å². The molecule has 2 atom stereocenters. The average molecular weight is 453 g/mol. The first-order chi connectivity index (χ1) is 15.2. The van der Waals surface area contributed by atoms with Crippen molar-refractivity contribution in [3.8, 4) is 0 Å². The number of halogens is 1. The van der Waals surface area contributed by atoms with Crippen molar-refractivity contribution in [1.29, 1.82) is 0 Å². The zero-order chi connectivity index (χ0) is 23.6. The molecule has 1 aromatic rings. The van der Waals surface area contributed by atoms with Crippen molar-refractivity contribution in [3.05, 3.63) is 23.4 Å². The van der Waals surface area contributed by atoms with Gasteiger partial charge >= 0.3 is 5.97 Å². The van der Waals surface area contributed by atoms with Gasteiger partial charge < -0.3 is 20.5 Å². The van der Waals surface area contributed by atoms with Gasteiger partial charge in [-0.2, -0.15) is 0 Å². The summed E-state index contributed by atoms with van der Waals surface area (Å²) in [7, 11) is 1.46. The van der Waals surface area contributed by atoms with Gasteiger partial charge in [0.2, 0.25) is 5.91 Å². The first-order valence-electron chi connectivity index (χ1n) is 11.3. The number of unbranched alkanes of at least 4 members (excludes halogenated alkanes) is 1. The number of nitrogens with zero attached hydrogens (tertiary/aromatic N) is 2. The summed E-state index contributed by atoms with van der Waals surface area (Å²) >= 11 is 0. The van der Waals surface area contributed by atoms with Crippen molar-refractivity contribution < 1.29 is 23.8 Å². The lowest BCUT2D eigenvalue weighted by Crippen LogP contribution is -2.45. The Hall–Kier alpha value is -2.26. The molecule has 3 N–H and O–H groups in total. The molecule has 0 saturated carbocycles. The average Bonchev–Trinajstić information content (AvgIpc) is 2.73. The summed E-state index contributed by atoms with van der Waals surface area (Å²) in [6, 6.07) is 3.23. The Balaban J connectivity index is 1.89. The van der Waals surface area contributed by atoms with Gasteiger partial charge in [0.1, 0.15) is 17.5 Å². The Bertz CT molecular complexity index is 760. The molecule has 2 heterocycles. The number of ether oxygens (including phenoxy) is 1. The van der Waals surface area contributed by atoms with Crippen molar-refractivity contribution >= 4 is 17.7 Å². The Morgan fingerprint density at radius 2 is 2.16 bits per heavy atom. The minimum atomic E-state index is -1.55. The fourth-order valence-corrected chi connectivity index (χ4v) is 4.05. The molecule has 0 aliphatic carbocycles. The van der Waals surface area contributed by atoms with E-state index in [2.05, 4.69) is 22.8 Å². The summed E-state index contributed by atoms with van der Waals surface area (Å²) in [5.74, 6) is -0.501. The number of aliphatic carboxylic acids is 1. The molecule has 180 valence electrons. The summed E-state index contributed by atoms with van der Waals surface area (Å²) < 4.78 is 19.8. The molecule has 0 saturated heterocycles. The van der Waals surface area contributed by atoms with Gasteiger partial charge in [-0.25, -0.2) is 14.2 Å². The van der Waals surface area contributed by atoms with Gasteiger partial charge in [-0.05, 0) is 63.6 Å². The van der Waals surface area contributed by atoms with E-state index in [4.69, 9.17) is 9.72 Å². The molecule has 1 aliphatic rings. The van der Waals surface area contributed by atoms with Crippen molar-refractivity contribution in [1.82, 2.24) is 15.2 Å². The first-order valence-corrected chi connectivity index (χ1v) is 11.3. The number of aryl methyl sites for hydroxylation is 2. The van der Waals surface area contributed by atoms with Crippen LogP contribution in [-0.2, 0) is 27.2 Å². The molecule has 2 rings (SSSR count). The van der Waals surface area contributed by atoms with Crippen LogP contribution >= 0.6 is 0 Å². The largest absolute Gasteiger partial charge is 0.480 e. The molecule has 0 spiro atoms. The Morgan fingerprint density at radius 1 is 1.38 bits per heavy atom. The van der Waals surface area contributed by atoms with E-state index in [1.165, 1.54) is 26.5 Å². The molecular weight excluding hydrogens is 415 g/mol. The summed E-state index contributed by atoms with van der Waals surface area (Å²) in [4.78, 5) is 29.3. The van der Waals surface area contributed by atoms with E-state index in [0.717, 1.165) is 50.2 Å². The number of hydrogen-bond donors (Lipinski definition) is 3. The summed E-state index contributed by atoms with van der Waals surface area (Å²) in [6.07, 6.45) is 4.94. The van der Waals surface area contributed by atoms with Crippen LogP contribution in [0.3, 0.4) is 0 Å². The van der Waals surface area contributed by atoms with Crippen LogP contribution < -0.4 is 10.6 Å². The second-order valence-electron chi connectivity index (χ2n) is 8.80. The minimum Gasteiger partial charge on any atom is -0.480 e. The molecule has 9 heteroatoms. The number of fused-ring (bicyclic) bond motifs is 1. The highest BCUT2D eigenvalue weighted by Gasteiger charge is 2.28. The third-order valence-corrected chi connectivity index (χ3v) is 5.52. The second-order valence-corrected chi connectivity index (χ2v) is 8.80. The predicted molar refractivity (Wildman–Crippen MR) is 122 cm³/mol. The maximum atomic E-state index is 14.8. The quantitative estimate of drug-likeness (QED) is 0.373. The topological polar surface area (TPSA) is 104 Å². The Kier molecular flexibility index (Phi) is 10.3. The lowest BCUT2D eigenvalue weighted by atomic mass is 10.1. The highest BCUT2D eigenvalue weighted by Crippen LogP contribution is 2.20. The third kappa shape index (κ3) is 9.08. The number of methoxy groups -OCH3 is 1. The zero-order valence-electron chi connectivity index (χ0n) is 19.5. The highest BCUT2D eigenvalue weighted by atomic mass is 19.1. The van der Waals surface area contributed by atoms with Gasteiger partial charge in [0, 0.05) is 39.4 Å². The number of carboxylic acids is 1. The highest BCUT2D eigenvalue weighted by molar-refractivity contribution is 5.82. The van der Waals surface area contributed by atoms with E-state index in [1.54, 1.807) is 0 Å². The molecule has 1 aromatic heterocycles. The lowest BCUT2D eigenvalue weighted by Gasteiger charge is -2.30. The van der Waals surface area contributed by atoms with Crippen LogP contribution in [-0.4, -0.2) is 78.5 Å². The molecule has 32 heavy (non-hydrogen) atoms. The first kappa shape index (κ1) is 26.0. The second kappa shape index (κ2) is 12.7. The molecular formula is C23H37FN4O4. The van der Waals surface area contributed by atoms with E-state index >= 15 is 0 Å². The van der Waals surface area contributed by atoms with Gasteiger partial charge in [-0.15, -0.1) is 0 Å². The Morgan fingerprint density at radius 3 is 2.84 bits per heavy atom. The van der Waals surface area contributed by atoms with Crippen LogP contribution in [0.25, 0.3) is 0 Å². The van der Waals surface area contributed by atoms with Crippen LogP contribution in [0.2, 0.25) is 0 Å². The smallest absolute Gasteiger partial charge is 0.326 e. The summed E-state index contributed by atoms with van der Waals surface area (Å²) in [5, 5.41) is 15.1. The molecule has 0 radical (unpaired) electrons. The van der Waals surface area contributed by atoms with Crippen molar-refractivity contribution in [2.24, 2.45) is 0 Å². The number of pyridine rings is 1. The molecule has 2 unspecified atom stereocenters. The van der Waals surface area contributed by atoms with Crippen LogP contribution in [0, 0.1) is 0 Å². The monoisotopic (exact) mass is 452 g/mol. The number of carbonyl (C=O) groups is 2. The maximum absolute atomic E-state index is 14.8. The molecule has 0 fully saturated rings. The van der Waals surface area contributed by atoms with Crippen LogP contribution in [0.5, 0.6) is 0 Å². The molecule has 0 bridgehead atoms. The van der Waals surface area contributed by atoms with E-state index < -0.39 is 23.6 Å². The van der Waals surface area contributed by atoms with Crippen molar-refractivity contribution in [2.75, 3.05) is 45.2 Å². The van der Waals surface area contributed by atoms with Crippen molar-refractivity contribution in [2.45, 2.75) is 64.1 Å². The number of carboxylic acid groups (broad SMARTS) is 1. The number of amides is 1. The number of carbonyl (C=O) groups excluding carboxylic acids is 1. The van der Waals surface area contributed by atoms with Gasteiger partial charge in [0.25, 0.3) is 0 Å². The van der Waals surface area contributed by atoms with Crippen LogP contribution in [0.1, 0.15) is 50.8 Å². The number of aromatic nitrogens is 1. The fourth-order valence-electron chi connectivity index (χ4n) is 4.05. The van der Waals surface area contributed by atoms with Gasteiger partial charge in [-0.3, -0.25) is 9.69 Å². The van der Waals surface area contributed by atoms with Crippen LogP contribution in [0.4, 0.5) is 10.2 Å². The molecule has 1 aliphatic heterocycles. The fraction of sp³-hybridized carbons (Fsp3) is 0.696. The molecule has 0 aromatic carbocycles. The number of nitrogens with one attached hydrogen (secondary N) is 2. The van der Waals surface area contributed by atoms with Gasteiger partial charge in [0.05, 0.1) is 6.61 Å². The lowest BCUT2D eigenvalue weighted by molar-refractivity contribution is -0.141. The van der Waals surface area contributed by atoms with E-state index in [9.17, 15) is 19.1 Å². The molecule has 8 nitrogen and oxygen atoms in total. The predicted octanol–water partition coefficient (Wildman–Crippen LogP) is 2.42. The summed E-state index contributed by atoms with van der Waals surface area (Å²) in [6.45, 7) is 4.81. The van der Waals surface area contributed by atoms with Crippen molar-refractivity contribution in [3.63, 3.8) is 0 Å². The zero-order valence-corrected chi connectivity index (χ0v) is 19.5. The third-order valence-electron chi connectivity index (χ3n) is 5.52. The SMILES string of the molecule is COCC(C)(F)CN(CCCCc1ccc2c(n1)NCCC2)CCC(NC(C)=O)C(=O)O. The number of alkyl halides is 1. The minimum absolute atomic E-state index is 0.0381. The Labute approximate surface area is 189 Å². The van der Waals surface area contributed by atoms with E-state index in [0.29, 0.717) is 13.1 Å². The van der Waals surface area contributed by atoms with E-state index in [1.807, 2.05) is 4.90 Å². The molecule has 1 amide bonds. The maximum Gasteiger partial charge on any atom is 0.326 e. The number of rotatable bonds is 14. The van der Waals surface area contributed by atoms with E-state index in [-0.39, 0.29) is 19.6 Å². The van der Waals surface area contributed by atoms with Gasteiger partial charge in [-0.1, -0.05) is 6.07 Å². The number of hydrogen-bond acceptors (Lipinski definition) is 6.